The Bertz CT molecular complexity index is 3600. The summed E-state index contributed by atoms with van der Waals surface area (Å²) < 4.78 is 14.1. The van der Waals surface area contributed by atoms with Gasteiger partial charge in [0, 0.05) is 43.5 Å². The minimum absolute atomic E-state index is 0.350. The highest BCUT2D eigenvalue weighted by Crippen LogP contribution is 2.63. The first-order valence-electron chi connectivity index (χ1n) is 21.6. The zero-order chi connectivity index (χ0) is 42.1. The second-order valence-corrected chi connectivity index (χ2v) is 18.0. The molecule has 0 aliphatic heterocycles. The van der Waals surface area contributed by atoms with Gasteiger partial charge in [-0.05, 0) is 114 Å². The molecule has 2 aliphatic rings. The van der Waals surface area contributed by atoms with Gasteiger partial charge in [0.05, 0.1) is 0 Å². The molecule has 2 heteroatoms. The average molecular weight is 797 g/mol. The zero-order valence-electron chi connectivity index (χ0n) is 35.4. The van der Waals surface area contributed by atoms with Crippen molar-refractivity contribution < 1.29 is 8.83 Å². The molecule has 0 amide bonds. The fraction of sp³-hybridized carbons (Fsp3) is 0.100. The summed E-state index contributed by atoms with van der Waals surface area (Å²) >= 11 is 0. The van der Waals surface area contributed by atoms with Crippen molar-refractivity contribution >= 4 is 49.5 Å². The molecule has 0 saturated heterocycles. The number of rotatable bonds is 6. The molecular formula is C60H44O2. The fourth-order valence-electron chi connectivity index (χ4n) is 11.1. The first kappa shape index (κ1) is 36.4. The van der Waals surface area contributed by atoms with Crippen LogP contribution in [-0.4, -0.2) is 0 Å². The topological polar surface area (TPSA) is 26.3 Å². The number of benzene rings is 8. The second kappa shape index (κ2) is 13.0. The zero-order valence-corrected chi connectivity index (χ0v) is 35.4. The van der Waals surface area contributed by atoms with Crippen molar-refractivity contribution in [1.29, 1.82) is 0 Å². The van der Waals surface area contributed by atoms with Crippen LogP contribution in [0.5, 0.6) is 0 Å². The van der Waals surface area contributed by atoms with E-state index in [1.54, 1.807) is 0 Å². The number of allylic oxidation sites excluding steroid dienone is 4. The van der Waals surface area contributed by atoms with Gasteiger partial charge in [0.25, 0.3) is 0 Å². The number of hydrogen-bond donors (Lipinski definition) is 0. The van der Waals surface area contributed by atoms with Gasteiger partial charge in [0.2, 0.25) is 0 Å². The van der Waals surface area contributed by atoms with Crippen LogP contribution in [0, 0.1) is 0 Å². The van der Waals surface area contributed by atoms with E-state index in [0.29, 0.717) is 0 Å². The molecule has 2 heterocycles. The van der Waals surface area contributed by atoms with Crippen molar-refractivity contribution in [3.63, 3.8) is 0 Å². The van der Waals surface area contributed by atoms with E-state index in [-0.39, 0.29) is 10.8 Å². The van der Waals surface area contributed by atoms with E-state index < -0.39 is 0 Å². The second-order valence-electron chi connectivity index (χ2n) is 18.0. The molecular weight excluding hydrogens is 753 g/mol. The van der Waals surface area contributed by atoms with Crippen molar-refractivity contribution in [3.05, 3.63) is 211 Å². The summed E-state index contributed by atoms with van der Waals surface area (Å²) in [5, 5.41) is 4.55. The van der Waals surface area contributed by atoms with Crippen LogP contribution in [0.4, 0.5) is 0 Å². The van der Waals surface area contributed by atoms with Crippen molar-refractivity contribution in [2.45, 2.75) is 38.5 Å². The lowest BCUT2D eigenvalue weighted by molar-refractivity contribution is 0.600. The molecule has 0 atom stereocenters. The van der Waals surface area contributed by atoms with Crippen molar-refractivity contribution in [3.8, 4) is 55.6 Å². The number of hydrogen-bond acceptors (Lipinski definition) is 2. The van der Waals surface area contributed by atoms with Gasteiger partial charge in [0.1, 0.15) is 22.3 Å². The molecule has 0 radical (unpaired) electrons. The predicted molar refractivity (Wildman–Crippen MR) is 261 cm³/mol. The largest absolute Gasteiger partial charge is 0.455 e. The number of fused-ring (bicyclic) bond motifs is 15. The first-order valence-corrected chi connectivity index (χ1v) is 21.6. The maximum Gasteiger partial charge on any atom is 0.144 e. The SMILES string of the molecule is C=C/C=C(\C=C)c1cccc(-c2cc3c(c4oc5ccccc5c24)-c2ccc4c(c2C3(C)C)C(C)(C)c2cc(-c3cccc(-c5ccccc5)c3)c3c(oc5ccccc53)c2-4)c1. The summed E-state index contributed by atoms with van der Waals surface area (Å²) in [6.45, 7) is 17.7. The van der Waals surface area contributed by atoms with E-state index in [4.69, 9.17) is 8.83 Å². The number of para-hydroxylation sites is 2. The Morgan fingerprint density at radius 3 is 1.50 bits per heavy atom. The van der Waals surface area contributed by atoms with E-state index in [9.17, 15) is 0 Å². The summed E-state index contributed by atoms with van der Waals surface area (Å²) in [5.74, 6) is 0. The minimum atomic E-state index is -0.357. The first-order chi connectivity index (χ1) is 30.2. The molecule has 2 aliphatic carbocycles. The molecule has 0 unspecified atom stereocenters. The standard InChI is InChI=1S/C60H44O2/c1-7-18-35(8-2)37-21-16-23-39(31-37)45-33-47-53(57-51(45)41-25-12-14-27-49(41)61-57)43-29-30-44-54-48(60(5,6)56(44)55(43)59(47,3)4)34-46(52-42-26-13-15-28-50(42)62-58(52)54)40-24-17-22-38(32-40)36-19-10-9-11-20-36/h7-34H,1-2H2,3-6H3/b35-18+. The van der Waals surface area contributed by atoms with Gasteiger partial charge in [-0.1, -0.05) is 174 Å². The molecule has 296 valence electrons. The molecule has 0 spiro atoms. The van der Waals surface area contributed by atoms with Crippen LogP contribution in [0.25, 0.3) is 105 Å². The van der Waals surface area contributed by atoms with Gasteiger partial charge in [-0.3, -0.25) is 0 Å². The van der Waals surface area contributed by atoms with Crippen LogP contribution in [-0.2, 0) is 10.8 Å². The molecule has 10 aromatic rings. The normalized spacial score (nSPS) is 14.6. The van der Waals surface area contributed by atoms with E-state index in [2.05, 4.69) is 193 Å². The van der Waals surface area contributed by atoms with Gasteiger partial charge in [-0.25, -0.2) is 0 Å². The Kier molecular flexibility index (Phi) is 7.66. The Morgan fingerprint density at radius 1 is 0.468 bits per heavy atom. The van der Waals surface area contributed by atoms with Gasteiger partial charge >= 0.3 is 0 Å². The molecule has 0 bridgehead atoms. The summed E-state index contributed by atoms with van der Waals surface area (Å²) in [7, 11) is 0. The minimum Gasteiger partial charge on any atom is -0.455 e. The molecule has 62 heavy (non-hydrogen) atoms. The van der Waals surface area contributed by atoms with Gasteiger partial charge in [0.15, 0.2) is 0 Å². The van der Waals surface area contributed by atoms with Crippen LogP contribution in [0.3, 0.4) is 0 Å². The Labute approximate surface area is 361 Å². The van der Waals surface area contributed by atoms with E-state index in [1.165, 1.54) is 72.3 Å². The van der Waals surface area contributed by atoms with Crippen molar-refractivity contribution in [1.82, 2.24) is 0 Å². The molecule has 0 N–H and O–H groups in total. The van der Waals surface area contributed by atoms with Crippen LogP contribution in [0.1, 0.15) is 55.5 Å². The van der Waals surface area contributed by atoms with E-state index >= 15 is 0 Å². The molecule has 0 saturated carbocycles. The smallest absolute Gasteiger partial charge is 0.144 e. The van der Waals surface area contributed by atoms with Gasteiger partial charge in [-0.15, -0.1) is 0 Å². The monoisotopic (exact) mass is 796 g/mol. The fourth-order valence-corrected chi connectivity index (χ4v) is 11.1. The Morgan fingerprint density at radius 2 is 0.952 bits per heavy atom. The lowest BCUT2D eigenvalue weighted by atomic mass is 9.72. The van der Waals surface area contributed by atoms with Crippen LogP contribution in [0.2, 0.25) is 0 Å². The lowest BCUT2D eigenvalue weighted by Gasteiger charge is -2.31. The molecule has 12 rings (SSSR count). The van der Waals surface area contributed by atoms with Crippen LogP contribution in [0.15, 0.2) is 192 Å². The summed E-state index contributed by atoms with van der Waals surface area (Å²) in [5.41, 5.74) is 22.4. The maximum absolute atomic E-state index is 7.03. The maximum atomic E-state index is 7.03. The highest BCUT2D eigenvalue weighted by molar-refractivity contribution is 6.20. The van der Waals surface area contributed by atoms with E-state index in [1.807, 2.05) is 18.2 Å². The average Bonchev–Trinajstić information content (AvgIpc) is 4.01. The third kappa shape index (κ3) is 4.92. The third-order valence-electron chi connectivity index (χ3n) is 13.9. The quantitative estimate of drug-likeness (QED) is 0.157. The molecule has 2 nitrogen and oxygen atoms in total. The molecule has 0 fully saturated rings. The van der Waals surface area contributed by atoms with Crippen molar-refractivity contribution in [2.75, 3.05) is 0 Å². The summed E-state index contributed by atoms with van der Waals surface area (Å²) in [6.07, 6.45) is 5.74. The lowest BCUT2D eigenvalue weighted by Crippen LogP contribution is -2.24. The van der Waals surface area contributed by atoms with Crippen LogP contribution >= 0.6 is 0 Å². The Hall–Kier alpha value is -7.42. The summed E-state index contributed by atoms with van der Waals surface area (Å²) in [4.78, 5) is 0. The van der Waals surface area contributed by atoms with E-state index in [0.717, 1.165) is 60.6 Å². The molecule has 8 aromatic carbocycles. The van der Waals surface area contributed by atoms with Crippen LogP contribution < -0.4 is 0 Å². The van der Waals surface area contributed by atoms with Gasteiger partial charge < -0.3 is 8.83 Å². The molecule has 2 aromatic heterocycles. The highest BCUT2D eigenvalue weighted by Gasteiger charge is 2.48. The van der Waals surface area contributed by atoms with Gasteiger partial charge in [-0.2, -0.15) is 0 Å². The highest BCUT2D eigenvalue weighted by atomic mass is 16.3. The summed E-state index contributed by atoms with van der Waals surface area (Å²) in [6, 6.07) is 55.1. The predicted octanol–water partition coefficient (Wildman–Crippen LogP) is 16.9. The van der Waals surface area contributed by atoms with Crippen molar-refractivity contribution in [2.24, 2.45) is 0 Å². The third-order valence-corrected chi connectivity index (χ3v) is 13.9. The Balaban J connectivity index is 1.12. The number of furan rings is 2.